The Hall–Kier alpha value is -1.75. The summed E-state index contributed by atoms with van der Waals surface area (Å²) in [6.07, 6.45) is 0. The van der Waals surface area contributed by atoms with Crippen molar-refractivity contribution in [1.29, 1.82) is 0 Å². The highest BCUT2D eigenvalue weighted by Gasteiger charge is 2.16. The van der Waals surface area contributed by atoms with Gasteiger partial charge < -0.3 is 4.90 Å². The minimum absolute atomic E-state index is 0.220. The third-order valence-electron chi connectivity index (χ3n) is 3.10. The quantitative estimate of drug-likeness (QED) is 0.798. The van der Waals surface area contributed by atoms with Crippen LogP contribution in [0, 0.1) is 11.6 Å². The number of amides is 1. The number of benzene rings is 2. The largest absolute Gasteiger partial charge is 0.335 e. The standard InChI is InChI=1S/C16H14BrF2NO/c1-2-20(10-11-4-3-5-13(18)8-11)16(21)12-6-7-15(19)14(17)9-12/h3-9H,2,10H2,1H3. The molecule has 1 amide bonds. The van der Waals surface area contributed by atoms with Crippen LogP contribution in [0.1, 0.15) is 22.8 Å². The number of hydrogen-bond acceptors (Lipinski definition) is 1. The molecule has 0 aliphatic carbocycles. The third-order valence-corrected chi connectivity index (χ3v) is 3.71. The Balaban J connectivity index is 2.20. The van der Waals surface area contributed by atoms with Crippen LogP contribution in [0.2, 0.25) is 0 Å². The summed E-state index contributed by atoms with van der Waals surface area (Å²) in [6.45, 7) is 2.63. The molecule has 0 aliphatic heterocycles. The lowest BCUT2D eigenvalue weighted by molar-refractivity contribution is 0.0752. The Bertz CT molecular complexity index is 660. The maximum Gasteiger partial charge on any atom is 0.254 e. The van der Waals surface area contributed by atoms with Crippen LogP contribution >= 0.6 is 15.9 Å². The first-order valence-electron chi connectivity index (χ1n) is 6.50. The van der Waals surface area contributed by atoms with E-state index < -0.39 is 5.82 Å². The Kier molecular flexibility index (Phi) is 5.07. The fourth-order valence-corrected chi connectivity index (χ4v) is 2.37. The van der Waals surface area contributed by atoms with Crippen LogP contribution in [0.3, 0.4) is 0 Å². The number of halogens is 3. The van der Waals surface area contributed by atoms with Gasteiger partial charge in [0.2, 0.25) is 0 Å². The number of hydrogen-bond donors (Lipinski definition) is 0. The number of rotatable bonds is 4. The van der Waals surface area contributed by atoms with Crippen molar-refractivity contribution in [1.82, 2.24) is 4.90 Å². The van der Waals surface area contributed by atoms with Crippen molar-refractivity contribution in [2.24, 2.45) is 0 Å². The SMILES string of the molecule is CCN(Cc1cccc(F)c1)C(=O)c1ccc(F)c(Br)c1. The highest BCUT2D eigenvalue weighted by Crippen LogP contribution is 2.19. The summed E-state index contributed by atoms with van der Waals surface area (Å²) in [5.74, 6) is -0.970. The molecule has 0 unspecified atom stereocenters. The van der Waals surface area contributed by atoms with Crippen molar-refractivity contribution in [3.8, 4) is 0 Å². The lowest BCUT2D eigenvalue weighted by Crippen LogP contribution is -2.30. The van der Waals surface area contributed by atoms with Crippen LogP contribution in [-0.4, -0.2) is 17.4 Å². The lowest BCUT2D eigenvalue weighted by Gasteiger charge is -2.21. The highest BCUT2D eigenvalue weighted by atomic mass is 79.9. The van der Waals surface area contributed by atoms with Crippen LogP contribution in [0.5, 0.6) is 0 Å². The van der Waals surface area contributed by atoms with Gasteiger partial charge in [0, 0.05) is 18.7 Å². The summed E-state index contributed by atoms with van der Waals surface area (Å²) < 4.78 is 26.7. The number of nitrogens with zero attached hydrogens (tertiary/aromatic N) is 1. The summed E-state index contributed by atoms with van der Waals surface area (Å²) in [4.78, 5) is 14.0. The van der Waals surface area contributed by atoms with Gasteiger partial charge in [-0.3, -0.25) is 4.79 Å². The van der Waals surface area contributed by atoms with E-state index in [0.29, 0.717) is 24.2 Å². The fraction of sp³-hybridized carbons (Fsp3) is 0.188. The molecular weight excluding hydrogens is 340 g/mol. The van der Waals surface area contributed by atoms with Gasteiger partial charge in [0.1, 0.15) is 11.6 Å². The van der Waals surface area contributed by atoms with E-state index in [1.165, 1.54) is 30.3 Å². The van der Waals surface area contributed by atoms with Crippen molar-refractivity contribution in [3.05, 3.63) is 69.7 Å². The highest BCUT2D eigenvalue weighted by molar-refractivity contribution is 9.10. The van der Waals surface area contributed by atoms with Gasteiger partial charge in [-0.25, -0.2) is 8.78 Å². The van der Waals surface area contributed by atoms with E-state index in [4.69, 9.17) is 0 Å². The molecule has 0 saturated carbocycles. The molecule has 2 rings (SSSR count). The van der Waals surface area contributed by atoms with E-state index in [1.54, 1.807) is 17.0 Å². The summed E-state index contributed by atoms with van der Waals surface area (Å²) in [5.41, 5.74) is 1.10. The van der Waals surface area contributed by atoms with Crippen LogP contribution in [0.4, 0.5) is 8.78 Å². The van der Waals surface area contributed by atoms with Crippen molar-refractivity contribution in [2.75, 3.05) is 6.54 Å². The molecule has 0 N–H and O–H groups in total. The smallest absolute Gasteiger partial charge is 0.254 e. The minimum atomic E-state index is -0.417. The molecule has 5 heteroatoms. The van der Waals surface area contributed by atoms with Gasteiger partial charge in [-0.15, -0.1) is 0 Å². The van der Waals surface area contributed by atoms with Crippen LogP contribution in [0.15, 0.2) is 46.9 Å². The Morgan fingerprint density at radius 3 is 2.57 bits per heavy atom. The van der Waals surface area contributed by atoms with Gasteiger partial charge in [-0.1, -0.05) is 12.1 Å². The zero-order chi connectivity index (χ0) is 15.4. The first-order chi connectivity index (χ1) is 10.0. The monoisotopic (exact) mass is 353 g/mol. The van der Waals surface area contributed by atoms with E-state index >= 15 is 0 Å². The van der Waals surface area contributed by atoms with E-state index in [9.17, 15) is 13.6 Å². The molecule has 0 atom stereocenters. The van der Waals surface area contributed by atoms with Gasteiger partial charge in [0.05, 0.1) is 4.47 Å². The summed E-state index contributed by atoms with van der Waals surface area (Å²) >= 11 is 3.07. The van der Waals surface area contributed by atoms with Crippen molar-refractivity contribution >= 4 is 21.8 Å². The van der Waals surface area contributed by atoms with Crippen LogP contribution in [0.25, 0.3) is 0 Å². The van der Waals surface area contributed by atoms with E-state index in [2.05, 4.69) is 15.9 Å². The summed E-state index contributed by atoms with van der Waals surface area (Å²) in [6, 6.07) is 10.3. The number of carbonyl (C=O) groups is 1. The second-order valence-corrected chi connectivity index (χ2v) is 5.43. The summed E-state index contributed by atoms with van der Waals surface area (Å²) in [7, 11) is 0. The van der Waals surface area contributed by atoms with E-state index in [0.717, 1.165) is 0 Å². The average Bonchev–Trinajstić information content (AvgIpc) is 2.47. The Morgan fingerprint density at radius 2 is 1.95 bits per heavy atom. The Labute approximate surface area is 130 Å². The molecule has 2 aromatic carbocycles. The zero-order valence-electron chi connectivity index (χ0n) is 11.4. The maximum atomic E-state index is 13.2. The van der Waals surface area contributed by atoms with Crippen molar-refractivity contribution in [2.45, 2.75) is 13.5 Å². The zero-order valence-corrected chi connectivity index (χ0v) is 13.0. The topological polar surface area (TPSA) is 20.3 Å². The third kappa shape index (κ3) is 3.88. The molecule has 2 nitrogen and oxygen atoms in total. The van der Waals surface area contributed by atoms with Gasteiger partial charge in [0.15, 0.2) is 0 Å². The minimum Gasteiger partial charge on any atom is -0.335 e. The predicted octanol–water partition coefficient (Wildman–Crippen LogP) is 4.39. The average molecular weight is 354 g/mol. The normalized spacial score (nSPS) is 10.5. The predicted molar refractivity (Wildman–Crippen MR) is 80.9 cm³/mol. The van der Waals surface area contributed by atoms with Gasteiger partial charge >= 0.3 is 0 Å². The fourth-order valence-electron chi connectivity index (χ4n) is 1.99. The molecule has 0 spiro atoms. The molecule has 0 radical (unpaired) electrons. The molecule has 0 aliphatic rings. The first kappa shape index (κ1) is 15.6. The molecule has 0 heterocycles. The van der Waals surface area contributed by atoms with E-state index in [-0.39, 0.29) is 16.2 Å². The first-order valence-corrected chi connectivity index (χ1v) is 7.29. The van der Waals surface area contributed by atoms with Gasteiger partial charge in [0.25, 0.3) is 5.91 Å². The lowest BCUT2D eigenvalue weighted by atomic mass is 10.1. The van der Waals surface area contributed by atoms with E-state index in [1.807, 2.05) is 6.92 Å². The molecule has 21 heavy (non-hydrogen) atoms. The molecule has 0 aromatic heterocycles. The summed E-state index contributed by atoms with van der Waals surface area (Å²) in [5, 5.41) is 0. The molecule has 0 bridgehead atoms. The molecule has 0 saturated heterocycles. The van der Waals surface area contributed by atoms with Crippen LogP contribution < -0.4 is 0 Å². The molecule has 0 fully saturated rings. The molecule has 2 aromatic rings. The molecule has 110 valence electrons. The maximum absolute atomic E-state index is 13.2. The van der Waals surface area contributed by atoms with Crippen LogP contribution in [-0.2, 0) is 6.54 Å². The number of carbonyl (C=O) groups excluding carboxylic acids is 1. The second kappa shape index (κ2) is 6.80. The second-order valence-electron chi connectivity index (χ2n) is 4.58. The van der Waals surface area contributed by atoms with Crippen molar-refractivity contribution in [3.63, 3.8) is 0 Å². The molecular formula is C16H14BrF2NO. The Morgan fingerprint density at radius 1 is 1.19 bits per heavy atom. The van der Waals surface area contributed by atoms with Gasteiger partial charge in [-0.2, -0.15) is 0 Å². The van der Waals surface area contributed by atoms with Gasteiger partial charge in [-0.05, 0) is 58.7 Å². The van der Waals surface area contributed by atoms with Crippen molar-refractivity contribution < 1.29 is 13.6 Å².